The highest BCUT2D eigenvalue weighted by atomic mass is 35.5. The number of carbonyl (C=O) groups excluding carboxylic acids is 2. The summed E-state index contributed by atoms with van der Waals surface area (Å²) in [6, 6.07) is 14.3. The topological polar surface area (TPSA) is 108 Å². The van der Waals surface area contributed by atoms with Crippen LogP contribution in [0.4, 0.5) is 16.2 Å². The first-order chi connectivity index (χ1) is 17.4. The van der Waals surface area contributed by atoms with E-state index in [1.807, 2.05) is 30.5 Å². The van der Waals surface area contributed by atoms with Gasteiger partial charge in [0.2, 0.25) is 5.91 Å². The van der Waals surface area contributed by atoms with Gasteiger partial charge in [0.05, 0.1) is 37.4 Å². The molecule has 0 bridgehead atoms. The maximum Gasteiger partial charge on any atom is 0.319 e. The summed E-state index contributed by atoms with van der Waals surface area (Å²) in [7, 11) is 1.60. The molecule has 3 aromatic rings. The molecule has 4 rings (SSSR count). The molecule has 0 spiro atoms. The first kappa shape index (κ1) is 25.2. The van der Waals surface area contributed by atoms with Gasteiger partial charge in [0.15, 0.2) is 0 Å². The molecule has 3 N–H and O–H groups in total. The van der Waals surface area contributed by atoms with E-state index in [0.29, 0.717) is 29.5 Å². The van der Waals surface area contributed by atoms with E-state index in [2.05, 4.69) is 30.8 Å². The summed E-state index contributed by atoms with van der Waals surface area (Å²) >= 11 is 5.94. The Morgan fingerprint density at radius 2 is 1.89 bits per heavy atom. The van der Waals surface area contributed by atoms with Crippen LogP contribution in [-0.2, 0) is 11.3 Å². The highest BCUT2D eigenvalue weighted by Crippen LogP contribution is 2.30. The van der Waals surface area contributed by atoms with Gasteiger partial charge in [0, 0.05) is 48.4 Å². The minimum Gasteiger partial charge on any atom is -0.495 e. The van der Waals surface area contributed by atoms with Crippen LogP contribution in [-0.4, -0.2) is 48.1 Å². The van der Waals surface area contributed by atoms with Crippen LogP contribution in [0.15, 0.2) is 60.9 Å². The molecule has 3 amide bonds. The Morgan fingerprint density at radius 1 is 1.08 bits per heavy atom. The molecule has 0 radical (unpaired) electrons. The molecule has 0 aliphatic carbocycles. The minimum absolute atomic E-state index is 0.0559. The third-order valence-corrected chi connectivity index (χ3v) is 6.35. The van der Waals surface area contributed by atoms with E-state index in [0.717, 1.165) is 30.0 Å². The monoisotopic (exact) mass is 508 g/mol. The number of hydrogen-bond donors (Lipinski definition) is 3. The normalized spacial score (nSPS) is 17.2. The van der Waals surface area contributed by atoms with Crippen LogP contribution in [0.2, 0.25) is 5.02 Å². The second kappa shape index (κ2) is 11.7. The number of nitrogens with one attached hydrogen (secondary N) is 3. The van der Waals surface area contributed by atoms with Crippen LogP contribution in [0.25, 0.3) is 0 Å². The molecule has 3 heterocycles. The smallest absolute Gasteiger partial charge is 0.319 e. The summed E-state index contributed by atoms with van der Waals surface area (Å²) in [4.78, 5) is 35.3. The molecule has 36 heavy (non-hydrogen) atoms. The average molecular weight is 509 g/mol. The van der Waals surface area contributed by atoms with E-state index in [4.69, 9.17) is 16.3 Å². The third-order valence-electron chi connectivity index (χ3n) is 6.10. The number of hydrogen-bond acceptors (Lipinski definition) is 6. The van der Waals surface area contributed by atoms with Gasteiger partial charge in [-0.15, -0.1) is 0 Å². The maximum atomic E-state index is 12.8. The summed E-state index contributed by atoms with van der Waals surface area (Å²) in [5, 5.41) is 9.37. The van der Waals surface area contributed by atoms with Crippen molar-refractivity contribution in [2.75, 3.05) is 30.4 Å². The van der Waals surface area contributed by atoms with Crippen molar-refractivity contribution in [2.45, 2.75) is 31.8 Å². The van der Waals surface area contributed by atoms with Gasteiger partial charge in [-0.3, -0.25) is 14.8 Å². The summed E-state index contributed by atoms with van der Waals surface area (Å²) in [5.41, 5.74) is 3.30. The van der Waals surface area contributed by atoms with Crippen LogP contribution in [0.1, 0.15) is 30.7 Å². The molecule has 2 atom stereocenters. The lowest BCUT2D eigenvalue weighted by molar-refractivity contribution is -0.119. The van der Waals surface area contributed by atoms with Gasteiger partial charge >= 0.3 is 6.03 Å². The van der Waals surface area contributed by atoms with Gasteiger partial charge in [-0.1, -0.05) is 11.6 Å². The number of pyridine rings is 2. The number of carbonyl (C=O) groups is 2. The lowest BCUT2D eigenvalue weighted by Crippen LogP contribution is -2.51. The maximum absolute atomic E-state index is 12.8. The van der Waals surface area contributed by atoms with Crippen molar-refractivity contribution in [3.05, 3.63) is 77.3 Å². The Morgan fingerprint density at radius 3 is 2.53 bits per heavy atom. The zero-order valence-electron chi connectivity index (χ0n) is 20.2. The average Bonchev–Trinajstić information content (AvgIpc) is 2.89. The van der Waals surface area contributed by atoms with Gasteiger partial charge in [-0.05, 0) is 55.0 Å². The molecule has 1 aliphatic heterocycles. The number of piperidine rings is 1. The SMILES string of the molecule is COc1ccc(C2CN(c3ccc(CNC(C)=O)nc3)CCC2NC(=O)Nc2ccc(Cl)cc2)nc1. The molecule has 2 aromatic heterocycles. The van der Waals surface area contributed by atoms with Gasteiger partial charge in [-0.25, -0.2) is 4.79 Å². The molecule has 1 saturated heterocycles. The number of aromatic nitrogens is 2. The number of amides is 3. The van der Waals surface area contributed by atoms with E-state index < -0.39 is 0 Å². The molecular formula is C26H29ClN6O3. The summed E-state index contributed by atoms with van der Waals surface area (Å²) in [6.07, 6.45) is 4.23. The van der Waals surface area contributed by atoms with Crippen molar-refractivity contribution < 1.29 is 14.3 Å². The van der Waals surface area contributed by atoms with E-state index in [9.17, 15) is 9.59 Å². The van der Waals surface area contributed by atoms with Crippen molar-refractivity contribution in [2.24, 2.45) is 0 Å². The number of rotatable bonds is 7. The first-order valence-electron chi connectivity index (χ1n) is 11.7. The van der Waals surface area contributed by atoms with E-state index >= 15 is 0 Å². The number of ether oxygens (including phenoxy) is 1. The van der Waals surface area contributed by atoms with E-state index in [1.165, 1.54) is 6.92 Å². The lowest BCUT2D eigenvalue weighted by Gasteiger charge is -2.39. The van der Waals surface area contributed by atoms with Crippen molar-refractivity contribution in [1.82, 2.24) is 20.6 Å². The van der Waals surface area contributed by atoms with Gasteiger partial charge < -0.3 is 25.6 Å². The van der Waals surface area contributed by atoms with Crippen molar-refractivity contribution in [3.8, 4) is 5.75 Å². The van der Waals surface area contributed by atoms with Crippen molar-refractivity contribution in [1.29, 1.82) is 0 Å². The van der Waals surface area contributed by atoms with Crippen LogP contribution >= 0.6 is 11.6 Å². The van der Waals surface area contributed by atoms with Gasteiger partial charge in [0.25, 0.3) is 0 Å². The number of benzene rings is 1. The fourth-order valence-electron chi connectivity index (χ4n) is 4.18. The largest absolute Gasteiger partial charge is 0.495 e. The quantitative estimate of drug-likeness (QED) is 0.446. The molecule has 1 aromatic carbocycles. The predicted octanol–water partition coefficient (Wildman–Crippen LogP) is 3.96. The number of nitrogens with zero attached hydrogens (tertiary/aromatic N) is 3. The Balaban J connectivity index is 1.48. The molecule has 0 saturated carbocycles. The lowest BCUT2D eigenvalue weighted by atomic mass is 9.88. The number of anilines is 2. The van der Waals surface area contributed by atoms with E-state index in [1.54, 1.807) is 37.6 Å². The van der Waals surface area contributed by atoms with Crippen molar-refractivity contribution in [3.63, 3.8) is 0 Å². The Labute approximate surface area is 215 Å². The van der Waals surface area contributed by atoms with Gasteiger partial charge in [0.1, 0.15) is 5.75 Å². The number of halogens is 1. The number of methoxy groups -OCH3 is 1. The standard InChI is InChI=1S/C26H29ClN6O3/c1-17(34)28-13-20-7-8-21(14-29-20)33-12-11-25(23(16-33)24-10-9-22(36-2)15-30-24)32-26(35)31-19-5-3-18(27)4-6-19/h3-10,14-15,23,25H,11-13,16H2,1-2H3,(H,28,34)(H2,31,32,35). The molecule has 2 unspecified atom stereocenters. The molecule has 1 aliphatic rings. The number of urea groups is 1. The fraction of sp³-hybridized carbons (Fsp3) is 0.308. The van der Waals surface area contributed by atoms with E-state index in [-0.39, 0.29) is 23.9 Å². The summed E-state index contributed by atoms with van der Waals surface area (Å²) < 4.78 is 5.26. The van der Waals surface area contributed by atoms with Crippen LogP contribution in [0.5, 0.6) is 5.75 Å². The highest BCUT2D eigenvalue weighted by molar-refractivity contribution is 6.30. The summed E-state index contributed by atoms with van der Waals surface area (Å²) in [6.45, 7) is 3.27. The second-order valence-corrected chi connectivity index (χ2v) is 9.03. The molecule has 188 valence electrons. The molecule has 10 heteroatoms. The second-order valence-electron chi connectivity index (χ2n) is 8.59. The van der Waals surface area contributed by atoms with Crippen LogP contribution < -0.4 is 25.6 Å². The first-order valence-corrected chi connectivity index (χ1v) is 12.1. The summed E-state index contributed by atoms with van der Waals surface area (Å²) in [5.74, 6) is 0.528. The highest BCUT2D eigenvalue weighted by Gasteiger charge is 2.33. The fourth-order valence-corrected chi connectivity index (χ4v) is 4.31. The van der Waals surface area contributed by atoms with Crippen molar-refractivity contribution >= 4 is 34.9 Å². The van der Waals surface area contributed by atoms with Crippen LogP contribution in [0.3, 0.4) is 0 Å². The molecule has 9 nitrogen and oxygen atoms in total. The zero-order chi connectivity index (χ0) is 25.5. The Hall–Kier alpha value is -3.85. The third kappa shape index (κ3) is 6.63. The molecule has 1 fully saturated rings. The predicted molar refractivity (Wildman–Crippen MR) is 140 cm³/mol. The minimum atomic E-state index is -0.279. The van der Waals surface area contributed by atoms with Crippen LogP contribution in [0, 0.1) is 0 Å². The Kier molecular flexibility index (Phi) is 8.22. The molecular weight excluding hydrogens is 480 g/mol. The zero-order valence-corrected chi connectivity index (χ0v) is 21.0. The van der Waals surface area contributed by atoms with Gasteiger partial charge in [-0.2, -0.15) is 0 Å². The Bertz CT molecular complexity index is 1170.